The van der Waals surface area contributed by atoms with Crippen LogP contribution in [0.5, 0.6) is 0 Å². The first kappa shape index (κ1) is 11.9. The molecule has 1 aliphatic rings. The molecule has 0 bridgehead atoms. The van der Waals surface area contributed by atoms with E-state index in [0.717, 1.165) is 12.8 Å². The molecule has 1 aliphatic heterocycles. The Hall–Kier alpha value is -0.160. The number of aliphatic hydroxyl groups excluding tert-OH is 2. The van der Waals surface area contributed by atoms with Crippen LogP contribution in [0.1, 0.15) is 26.7 Å². The third-order valence-corrected chi connectivity index (χ3v) is 2.61. The van der Waals surface area contributed by atoms with Gasteiger partial charge in [0.1, 0.15) is 0 Å². The van der Waals surface area contributed by atoms with Gasteiger partial charge in [-0.05, 0) is 26.7 Å². The smallest absolute Gasteiger partial charge is 0.0607 e. The van der Waals surface area contributed by atoms with Crippen molar-refractivity contribution in [2.75, 3.05) is 13.2 Å². The summed E-state index contributed by atoms with van der Waals surface area (Å²) in [4.78, 5) is 0. The van der Waals surface area contributed by atoms with E-state index in [1.807, 2.05) is 0 Å². The van der Waals surface area contributed by atoms with Crippen molar-refractivity contribution >= 4 is 0 Å². The normalized spacial score (nSPS) is 33.6. The molecule has 14 heavy (non-hydrogen) atoms. The van der Waals surface area contributed by atoms with E-state index < -0.39 is 0 Å². The summed E-state index contributed by atoms with van der Waals surface area (Å²) in [6.07, 6.45) is 2.41. The van der Waals surface area contributed by atoms with Crippen molar-refractivity contribution < 1.29 is 14.9 Å². The first-order chi connectivity index (χ1) is 6.65. The summed E-state index contributed by atoms with van der Waals surface area (Å²) in [5.74, 6) is 0. The quantitative estimate of drug-likeness (QED) is 0.596. The zero-order valence-electron chi connectivity index (χ0n) is 8.94. The molecule has 1 heterocycles. The fourth-order valence-corrected chi connectivity index (χ4v) is 2.04. The van der Waals surface area contributed by atoms with Gasteiger partial charge in [-0.15, -0.1) is 0 Å². The standard InChI is InChI=1S/C10H21NO3/c1-7-3-9(4-8(2)14-7)11-10(5-12)6-13/h7-13H,3-6H2,1-2H3/t7-,8-/m1/s1. The topological polar surface area (TPSA) is 61.7 Å². The lowest BCUT2D eigenvalue weighted by atomic mass is 9.99. The van der Waals surface area contributed by atoms with Crippen LogP contribution < -0.4 is 5.32 Å². The van der Waals surface area contributed by atoms with Crippen molar-refractivity contribution in [3.63, 3.8) is 0 Å². The molecule has 4 nitrogen and oxygen atoms in total. The Morgan fingerprint density at radius 3 is 2.14 bits per heavy atom. The number of ether oxygens (including phenoxy) is 1. The van der Waals surface area contributed by atoms with Gasteiger partial charge in [-0.1, -0.05) is 0 Å². The fourth-order valence-electron chi connectivity index (χ4n) is 2.04. The van der Waals surface area contributed by atoms with Crippen LogP contribution in [0, 0.1) is 0 Å². The molecular weight excluding hydrogens is 182 g/mol. The van der Waals surface area contributed by atoms with E-state index in [0.29, 0.717) is 6.04 Å². The molecule has 3 N–H and O–H groups in total. The summed E-state index contributed by atoms with van der Waals surface area (Å²) >= 11 is 0. The zero-order chi connectivity index (χ0) is 10.6. The maximum Gasteiger partial charge on any atom is 0.0607 e. The summed E-state index contributed by atoms with van der Waals surface area (Å²) in [7, 11) is 0. The van der Waals surface area contributed by atoms with Crippen LogP contribution in [0.4, 0.5) is 0 Å². The van der Waals surface area contributed by atoms with Crippen LogP contribution in [-0.2, 0) is 4.74 Å². The van der Waals surface area contributed by atoms with E-state index in [1.54, 1.807) is 0 Å². The van der Waals surface area contributed by atoms with Gasteiger partial charge >= 0.3 is 0 Å². The van der Waals surface area contributed by atoms with Crippen LogP contribution in [0.15, 0.2) is 0 Å². The highest BCUT2D eigenvalue weighted by molar-refractivity contribution is 4.81. The first-order valence-corrected chi connectivity index (χ1v) is 5.29. The molecule has 0 aliphatic carbocycles. The molecule has 0 spiro atoms. The van der Waals surface area contributed by atoms with Gasteiger partial charge in [0.2, 0.25) is 0 Å². The molecule has 4 heteroatoms. The lowest BCUT2D eigenvalue weighted by Crippen LogP contribution is -2.48. The van der Waals surface area contributed by atoms with E-state index in [9.17, 15) is 0 Å². The molecule has 1 rings (SSSR count). The lowest BCUT2D eigenvalue weighted by Gasteiger charge is -2.34. The highest BCUT2D eigenvalue weighted by Crippen LogP contribution is 2.19. The van der Waals surface area contributed by atoms with Crippen molar-refractivity contribution in [1.29, 1.82) is 0 Å². The summed E-state index contributed by atoms with van der Waals surface area (Å²) in [5.41, 5.74) is 0. The largest absolute Gasteiger partial charge is 0.395 e. The van der Waals surface area contributed by atoms with Crippen molar-refractivity contribution in [2.45, 2.75) is 51.0 Å². The van der Waals surface area contributed by atoms with E-state index in [2.05, 4.69) is 19.2 Å². The minimum absolute atomic E-state index is 0.0172. The Labute approximate surface area is 85.3 Å². The van der Waals surface area contributed by atoms with Gasteiger partial charge in [0.15, 0.2) is 0 Å². The molecule has 1 fully saturated rings. The van der Waals surface area contributed by atoms with E-state index in [4.69, 9.17) is 14.9 Å². The molecule has 84 valence electrons. The van der Waals surface area contributed by atoms with Crippen LogP contribution in [0.3, 0.4) is 0 Å². The van der Waals surface area contributed by atoms with Crippen molar-refractivity contribution in [3.8, 4) is 0 Å². The van der Waals surface area contributed by atoms with Crippen LogP contribution in [-0.4, -0.2) is 47.7 Å². The summed E-state index contributed by atoms with van der Waals surface area (Å²) in [6, 6.07) is 0.149. The molecule has 1 saturated heterocycles. The predicted octanol–water partition coefficient (Wildman–Crippen LogP) is -0.115. The van der Waals surface area contributed by atoms with Crippen LogP contribution >= 0.6 is 0 Å². The average molecular weight is 203 g/mol. The minimum Gasteiger partial charge on any atom is -0.395 e. The van der Waals surface area contributed by atoms with E-state index in [1.165, 1.54) is 0 Å². The van der Waals surface area contributed by atoms with Gasteiger partial charge in [0.25, 0.3) is 0 Å². The SMILES string of the molecule is C[C@@H]1CC(NC(CO)CO)C[C@@H](C)O1. The molecule has 0 saturated carbocycles. The maximum absolute atomic E-state index is 8.93. The van der Waals surface area contributed by atoms with Gasteiger partial charge in [0.05, 0.1) is 31.5 Å². The Balaban J connectivity index is 2.35. The van der Waals surface area contributed by atoms with Gasteiger partial charge in [-0.25, -0.2) is 0 Å². The van der Waals surface area contributed by atoms with Crippen LogP contribution in [0.2, 0.25) is 0 Å². The highest BCUT2D eigenvalue weighted by Gasteiger charge is 2.25. The second-order valence-corrected chi connectivity index (χ2v) is 4.15. The maximum atomic E-state index is 8.93. The van der Waals surface area contributed by atoms with Crippen molar-refractivity contribution in [1.82, 2.24) is 5.32 Å². The Morgan fingerprint density at radius 1 is 1.21 bits per heavy atom. The second-order valence-electron chi connectivity index (χ2n) is 4.15. The fraction of sp³-hybridized carbons (Fsp3) is 1.00. The predicted molar refractivity (Wildman–Crippen MR) is 54.1 cm³/mol. The number of hydrogen-bond acceptors (Lipinski definition) is 4. The van der Waals surface area contributed by atoms with Gasteiger partial charge in [-0.3, -0.25) is 0 Å². The Kier molecular flexibility index (Phi) is 4.81. The number of hydrogen-bond donors (Lipinski definition) is 3. The minimum atomic E-state index is -0.197. The van der Waals surface area contributed by atoms with E-state index in [-0.39, 0.29) is 31.5 Å². The second kappa shape index (κ2) is 5.66. The van der Waals surface area contributed by atoms with Gasteiger partial charge < -0.3 is 20.3 Å². The molecule has 0 aromatic carbocycles. The van der Waals surface area contributed by atoms with Crippen LogP contribution in [0.25, 0.3) is 0 Å². The molecule has 2 atom stereocenters. The number of nitrogens with one attached hydrogen (secondary N) is 1. The van der Waals surface area contributed by atoms with Crippen molar-refractivity contribution in [3.05, 3.63) is 0 Å². The monoisotopic (exact) mass is 203 g/mol. The molecule has 0 unspecified atom stereocenters. The highest BCUT2D eigenvalue weighted by atomic mass is 16.5. The Morgan fingerprint density at radius 2 is 1.71 bits per heavy atom. The molecule has 0 amide bonds. The average Bonchev–Trinajstić information content (AvgIpc) is 2.12. The Bertz CT molecular complexity index is 151. The molecule has 0 aromatic heterocycles. The van der Waals surface area contributed by atoms with Gasteiger partial charge in [0, 0.05) is 6.04 Å². The zero-order valence-corrected chi connectivity index (χ0v) is 8.94. The lowest BCUT2D eigenvalue weighted by molar-refractivity contribution is -0.0455. The van der Waals surface area contributed by atoms with Gasteiger partial charge in [-0.2, -0.15) is 0 Å². The van der Waals surface area contributed by atoms with E-state index >= 15 is 0 Å². The summed E-state index contributed by atoms with van der Waals surface area (Å²) in [6.45, 7) is 4.07. The third-order valence-electron chi connectivity index (χ3n) is 2.61. The number of aliphatic hydroxyl groups is 2. The third kappa shape index (κ3) is 3.53. The molecular formula is C10H21NO3. The number of rotatable bonds is 4. The summed E-state index contributed by atoms with van der Waals surface area (Å²) < 4.78 is 5.60. The molecule has 0 radical (unpaired) electrons. The molecule has 0 aromatic rings. The summed E-state index contributed by atoms with van der Waals surface area (Å²) in [5, 5.41) is 21.1. The first-order valence-electron chi connectivity index (χ1n) is 5.29. The van der Waals surface area contributed by atoms with Crippen molar-refractivity contribution in [2.24, 2.45) is 0 Å².